The van der Waals surface area contributed by atoms with Crippen molar-refractivity contribution in [1.82, 2.24) is 24.8 Å². The lowest BCUT2D eigenvalue weighted by Crippen LogP contribution is -2.59. The number of fused-ring (bicyclic) bond motifs is 3. The number of carbonyl (C=O) groups excluding carboxylic acids is 1. The first-order valence-electron chi connectivity index (χ1n) is 10.5. The van der Waals surface area contributed by atoms with Gasteiger partial charge < -0.3 is 9.64 Å². The Morgan fingerprint density at radius 1 is 1.26 bits per heavy atom. The number of hydrogen-bond acceptors (Lipinski definition) is 5. The molecule has 7 nitrogen and oxygen atoms in total. The van der Waals surface area contributed by atoms with Crippen LogP contribution in [0.5, 0.6) is 0 Å². The molecule has 1 unspecified atom stereocenters. The summed E-state index contributed by atoms with van der Waals surface area (Å²) in [5.74, 6) is 1.03. The summed E-state index contributed by atoms with van der Waals surface area (Å²) < 4.78 is 7.41. The van der Waals surface area contributed by atoms with Crippen molar-refractivity contribution in [3.8, 4) is 0 Å². The molecule has 4 fully saturated rings. The lowest BCUT2D eigenvalue weighted by atomic mass is 9.75. The van der Waals surface area contributed by atoms with Crippen molar-refractivity contribution in [2.45, 2.75) is 44.7 Å². The molecule has 1 aromatic heterocycles. The smallest absolute Gasteiger partial charge is 0.227 e. The third kappa shape index (κ3) is 3.43. The summed E-state index contributed by atoms with van der Waals surface area (Å²) in [7, 11) is 0. The van der Waals surface area contributed by atoms with Gasteiger partial charge in [0.15, 0.2) is 0 Å². The van der Waals surface area contributed by atoms with Crippen molar-refractivity contribution < 1.29 is 9.53 Å². The summed E-state index contributed by atoms with van der Waals surface area (Å²) in [6.07, 6.45) is 10.2. The molecule has 0 radical (unpaired) electrons. The third-order valence-corrected chi connectivity index (χ3v) is 6.82. The van der Waals surface area contributed by atoms with Gasteiger partial charge in [-0.15, -0.1) is 5.10 Å². The van der Waals surface area contributed by atoms with Gasteiger partial charge in [-0.2, -0.15) is 0 Å². The molecule has 0 aromatic carbocycles. The number of carbonyl (C=O) groups is 1. The Kier molecular flexibility index (Phi) is 4.73. The van der Waals surface area contributed by atoms with Crippen LogP contribution in [-0.4, -0.2) is 76.1 Å². The summed E-state index contributed by atoms with van der Waals surface area (Å²) >= 11 is 0. The van der Waals surface area contributed by atoms with Crippen LogP contribution in [0.3, 0.4) is 0 Å². The maximum Gasteiger partial charge on any atom is 0.227 e. The summed E-state index contributed by atoms with van der Waals surface area (Å²) in [4.78, 5) is 17.5. The molecule has 0 N–H and O–H groups in total. The highest BCUT2D eigenvalue weighted by Crippen LogP contribution is 2.38. The van der Waals surface area contributed by atoms with E-state index < -0.39 is 0 Å². The van der Waals surface area contributed by atoms with E-state index >= 15 is 0 Å². The minimum Gasteiger partial charge on any atom is -0.378 e. The van der Waals surface area contributed by atoms with Gasteiger partial charge in [-0.1, -0.05) is 11.3 Å². The lowest BCUT2D eigenvalue weighted by Gasteiger charge is -2.50. The maximum atomic E-state index is 13.0. The van der Waals surface area contributed by atoms with E-state index in [1.54, 1.807) is 0 Å². The van der Waals surface area contributed by atoms with Crippen molar-refractivity contribution in [3.63, 3.8) is 0 Å². The summed E-state index contributed by atoms with van der Waals surface area (Å²) in [6, 6.07) is 0.476. The van der Waals surface area contributed by atoms with E-state index in [1.165, 1.54) is 18.4 Å². The Morgan fingerprint density at radius 3 is 2.89 bits per heavy atom. The number of aromatic nitrogens is 3. The quantitative estimate of drug-likeness (QED) is 0.801. The summed E-state index contributed by atoms with van der Waals surface area (Å²) in [5.41, 5.74) is 2.40. The van der Waals surface area contributed by atoms with E-state index in [2.05, 4.69) is 27.5 Å². The van der Waals surface area contributed by atoms with Crippen LogP contribution in [0.2, 0.25) is 0 Å². The zero-order valence-electron chi connectivity index (χ0n) is 15.9. The number of morpholine rings is 1. The van der Waals surface area contributed by atoms with Gasteiger partial charge in [-0.3, -0.25) is 14.4 Å². The normalized spacial score (nSPS) is 33.3. The number of ether oxygens (including phenoxy) is 1. The molecule has 4 saturated heterocycles. The molecule has 1 aromatic rings. The van der Waals surface area contributed by atoms with Crippen LogP contribution in [0.15, 0.2) is 12.3 Å². The summed E-state index contributed by atoms with van der Waals surface area (Å²) in [5, 5.41) is 8.76. The largest absolute Gasteiger partial charge is 0.378 e. The monoisotopic (exact) mass is 371 g/mol. The zero-order chi connectivity index (χ0) is 18.2. The lowest BCUT2D eigenvalue weighted by molar-refractivity contribution is -0.148. The van der Waals surface area contributed by atoms with Crippen LogP contribution >= 0.6 is 0 Å². The number of amides is 1. The molecular formula is C20H29N5O2. The average molecular weight is 371 g/mol. The molecule has 5 aliphatic rings. The van der Waals surface area contributed by atoms with Gasteiger partial charge in [0, 0.05) is 25.7 Å². The van der Waals surface area contributed by atoms with E-state index in [0.29, 0.717) is 31.1 Å². The predicted octanol–water partition coefficient (Wildman–Crippen LogP) is 1.41. The Hall–Kier alpha value is -1.73. The highest BCUT2D eigenvalue weighted by atomic mass is 16.5. The highest BCUT2D eigenvalue weighted by Gasteiger charge is 2.44. The van der Waals surface area contributed by atoms with E-state index in [4.69, 9.17) is 4.74 Å². The molecule has 0 saturated carbocycles. The first-order chi connectivity index (χ1) is 13.3. The third-order valence-electron chi connectivity index (χ3n) is 6.82. The number of rotatable bonds is 4. The molecule has 0 spiro atoms. The minimum absolute atomic E-state index is 0.169. The van der Waals surface area contributed by atoms with Gasteiger partial charge in [-0.25, -0.2) is 0 Å². The first-order valence-corrected chi connectivity index (χ1v) is 10.5. The van der Waals surface area contributed by atoms with Gasteiger partial charge in [0.2, 0.25) is 5.91 Å². The minimum atomic E-state index is 0.169. The number of nitrogens with zero attached hydrogens (tertiary/aromatic N) is 5. The van der Waals surface area contributed by atoms with Crippen LogP contribution in [0.1, 0.15) is 37.8 Å². The van der Waals surface area contributed by atoms with Crippen molar-refractivity contribution in [2.75, 3.05) is 39.4 Å². The van der Waals surface area contributed by atoms with E-state index in [1.807, 2.05) is 9.58 Å². The predicted molar refractivity (Wildman–Crippen MR) is 101 cm³/mol. The van der Waals surface area contributed by atoms with E-state index in [9.17, 15) is 4.79 Å². The SMILES string of the molecule is O=C([C@H]1CN2CC[C@@H]1C[C@@H]2Cn1cc(C2=CCCC2)nn1)N1CCOCC1. The molecule has 4 atom stereocenters. The van der Waals surface area contributed by atoms with Crippen LogP contribution in [-0.2, 0) is 16.1 Å². The Labute approximate surface area is 160 Å². The molecule has 7 heteroatoms. The second-order valence-electron chi connectivity index (χ2n) is 8.42. The van der Waals surface area contributed by atoms with Crippen LogP contribution < -0.4 is 0 Å². The zero-order valence-corrected chi connectivity index (χ0v) is 15.9. The van der Waals surface area contributed by atoms with Crippen molar-refractivity contribution in [1.29, 1.82) is 0 Å². The second-order valence-corrected chi connectivity index (χ2v) is 8.42. The molecule has 1 amide bonds. The molecule has 27 heavy (non-hydrogen) atoms. The number of piperidine rings is 3. The number of allylic oxidation sites excluding steroid dienone is 2. The van der Waals surface area contributed by atoms with Crippen LogP contribution in [0, 0.1) is 11.8 Å². The number of hydrogen-bond donors (Lipinski definition) is 0. The van der Waals surface area contributed by atoms with Crippen molar-refractivity contribution >= 4 is 11.5 Å². The molecule has 146 valence electrons. The second kappa shape index (κ2) is 7.36. The summed E-state index contributed by atoms with van der Waals surface area (Å²) in [6.45, 7) is 5.76. The van der Waals surface area contributed by atoms with Gasteiger partial charge in [0.1, 0.15) is 5.69 Å². The molecular weight excluding hydrogens is 342 g/mol. The van der Waals surface area contributed by atoms with E-state index in [0.717, 1.165) is 57.7 Å². The molecule has 2 bridgehead atoms. The Balaban J connectivity index is 1.22. The topological polar surface area (TPSA) is 63.5 Å². The standard InChI is InChI=1S/C20H29N5O2/c26-20(23-7-9-27-10-8-23)18-13-24-6-5-16(18)11-17(24)12-25-14-19(21-22-25)15-3-1-2-4-15/h3,14,16-18H,1-2,4-13H2/t16-,17-,18+/m1/s1. The van der Waals surface area contributed by atoms with Gasteiger partial charge in [0.25, 0.3) is 0 Å². The van der Waals surface area contributed by atoms with Crippen LogP contribution in [0.4, 0.5) is 0 Å². The highest BCUT2D eigenvalue weighted by molar-refractivity contribution is 5.79. The Morgan fingerprint density at radius 2 is 2.15 bits per heavy atom. The fourth-order valence-electron chi connectivity index (χ4n) is 5.28. The van der Waals surface area contributed by atoms with Gasteiger partial charge in [0.05, 0.1) is 31.9 Å². The van der Waals surface area contributed by atoms with Gasteiger partial charge in [-0.05, 0) is 50.1 Å². The molecule has 4 aliphatic heterocycles. The van der Waals surface area contributed by atoms with E-state index in [-0.39, 0.29) is 5.92 Å². The molecule has 6 rings (SSSR count). The fraction of sp³-hybridized carbons (Fsp3) is 0.750. The first kappa shape index (κ1) is 17.4. The Bertz CT molecular complexity index is 724. The van der Waals surface area contributed by atoms with Crippen molar-refractivity contribution in [2.24, 2.45) is 11.8 Å². The van der Waals surface area contributed by atoms with Crippen LogP contribution in [0.25, 0.3) is 5.57 Å². The fourth-order valence-corrected chi connectivity index (χ4v) is 5.28. The maximum absolute atomic E-state index is 13.0. The van der Waals surface area contributed by atoms with Crippen molar-refractivity contribution in [3.05, 3.63) is 18.0 Å². The van der Waals surface area contributed by atoms with Gasteiger partial charge >= 0.3 is 0 Å². The molecule has 5 heterocycles. The molecule has 1 aliphatic carbocycles. The average Bonchev–Trinajstić information content (AvgIpc) is 3.40.